The van der Waals surface area contributed by atoms with Crippen molar-refractivity contribution >= 4 is 5.91 Å². The number of hydrogen-bond donors (Lipinski definition) is 1. The summed E-state index contributed by atoms with van der Waals surface area (Å²) in [5.41, 5.74) is 0.914. The van der Waals surface area contributed by atoms with Crippen molar-refractivity contribution in [1.82, 2.24) is 20.4 Å². The Labute approximate surface area is 112 Å². The van der Waals surface area contributed by atoms with Crippen LogP contribution < -0.4 is 5.32 Å². The molecule has 6 nitrogen and oxygen atoms in total. The van der Waals surface area contributed by atoms with E-state index in [0.717, 1.165) is 12.1 Å². The van der Waals surface area contributed by atoms with Crippen molar-refractivity contribution in [3.05, 3.63) is 23.6 Å². The molecule has 1 aliphatic rings. The quantitative estimate of drug-likeness (QED) is 0.872. The van der Waals surface area contributed by atoms with Crippen LogP contribution in [0.15, 0.2) is 16.2 Å². The minimum absolute atomic E-state index is 0.0752. The van der Waals surface area contributed by atoms with Gasteiger partial charge < -0.3 is 14.6 Å². The Hall–Kier alpha value is -1.85. The molecule has 0 saturated heterocycles. The zero-order valence-corrected chi connectivity index (χ0v) is 11.9. The third-order valence-corrected chi connectivity index (χ3v) is 3.07. The van der Waals surface area contributed by atoms with Crippen LogP contribution in [0.3, 0.4) is 0 Å². The minimum Gasteiger partial charge on any atom is -0.416 e. The lowest BCUT2D eigenvalue weighted by Gasteiger charge is -2.24. The molecule has 0 saturated carbocycles. The van der Waals surface area contributed by atoms with Gasteiger partial charge in [0.15, 0.2) is 0 Å². The molecule has 0 atom stereocenters. The number of nitrogens with one attached hydrogen (secondary N) is 1. The van der Waals surface area contributed by atoms with Gasteiger partial charge in [-0.3, -0.25) is 4.79 Å². The van der Waals surface area contributed by atoms with Crippen LogP contribution in [-0.2, 0) is 5.41 Å². The lowest BCUT2D eigenvalue weighted by atomic mass is 9.97. The highest BCUT2D eigenvalue weighted by atomic mass is 16.4. The van der Waals surface area contributed by atoms with Crippen molar-refractivity contribution in [3.63, 3.8) is 0 Å². The predicted molar refractivity (Wildman–Crippen MR) is 70.7 cm³/mol. The number of carbonyl (C=O) groups is 1. The van der Waals surface area contributed by atoms with E-state index in [0.29, 0.717) is 19.0 Å². The van der Waals surface area contributed by atoms with Gasteiger partial charge in [-0.05, 0) is 6.08 Å². The molecular formula is C13H20N4O2. The highest BCUT2D eigenvalue weighted by Gasteiger charge is 2.27. The van der Waals surface area contributed by atoms with Gasteiger partial charge in [0.1, 0.15) is 0 Å². The average Bonchev–Trinajstić information content (AvgIpc) is 2.87. The molecule has 1 aromatic rings. The van der Waals surface area contributed by atoms with Crippen LogP contribution >= 0.6 is 0 Å². The van der Waals surface area contributed by atoms with E-state index in [-0.39, 0.29) is 17.2 Å². The maximum absolute atomic E-state index is 12.2. The predicted octanol–water partition coefficient (Wildman–Crippen LogP) is 1.32. The van der Waals surface area contributed by atoms with Crippen LogP contribution in [0.5, 0.6) is 0 Å². The largest absolute Gasteiger partial charge is 0.416 e. The maximum atomic E-state index is 12.2. The SMILES string of the molecule is CNC1=CCN(C(=O)c2nnc(C(C)(C)C)o2)CC1. The maximum Gasteiger partial charge on any atom is 0.311 e. The third-order valence-electron chi connectivity index (χ3n) is 3.07. The standard InChI is InChI=1S/C13H20N4O2/c1-13(2,3)12-16-15-10(19-12)11(18)17-7-5-9(14-4)6-8-17/h5,14H,6-8H2,1-4H3. The van der Waals surface area contributed by atoms with E-state index in [2.05, 4.69) is 15.5 Å². The van der Waals surface area contributed by atoms with Crippen molar-refractivity contribution in [2.45, 2.75) is 32.6 Å². The molecular weight excluding hydrogens is 244 g/mol. The molecule has 0 aromatic carbocycles. The molecule has 1 amide bonds. The van der Waals surface area contributed by atoms with E-state index in [1.54, 1.807) is 4.90 Å². The van der Waals surface area contributed by atoms with Crippen LogP contribution in [0.1, 0.15) is 43.8 Å². The van der Waals surface area contributed by atoms with Crippen molar-refractivity contribution < 1.29 is 9.21 Å². The molecule has 0 bridgehead atoms. The third kappa shape index (κ3) is 2.94. The second kappa shape index (κ2) is 5.03. The molecule has 0 radical (unpaired) electrons. The summed E-state index contributed by atoms with van der Waals surface area (Å²) in [5.74, 6) is 0.361. The van der Waals surface area contributed by atoms with E-state index < -0.39 is 0 Å². The fourth-order valence-electron chi connectivity index (χ4n) is 1.83. The van der Waals surface area contributed by atoms with Gasteiger partial charge in [0.25, 0.3) is 0 Å². The molecule has 2 rings (SSSR count). The summed E-state index contributed by atoms with van der Waals surface area (Å²) in [7, 11) is 1.89. The summed E-state index contributed by atoms with van der Waals surface area (Å²) in [6.45, 7) is 7.15. The molecule has 6 heteroatoms. The van der Waals surface area contributed by atoms with Gasteiger partial charge in [-0.25, -0.2) is 0 Å². The lowest BCUT2D eigenvalue weighted by Crippen LogP contribution is -2.36. The van der Waals surface area contributed by atoms with Crippen molar-refractivity contribution in [2.24, 2.45) is 0 Å². The summed E-state index contributed by atoms with van der Waals surface area (Å²) in [5, 5.41) is 10.9. The van der Waals surface area contributed by atoms with Crippen molar-refractivity contribution in [2.75, 3.05) is 20.1 Å². The lowest BCUT2D eigenvalue weighted by molar-refractivity contribution is 0.0724. The Morgan fingerprint density at radius 3 is 2.63 bits per heavy atom. The van der Waals surface area contributed by atoms with Gasteiger partial charge in [-0.2, -0.15) is 0 Å². The zero-order valence-electron chi connectivity index (χ0n) is 11.9. The summed E-state index contributed by atoms with van der Waals surface area (Å²) >= 11 is 0. The molecule has 0 aliphatic carbocycles. The molecule has 2 heterocycles. The minimum atomic E-state index is -0.243. The first-order valence-corrected chi connectivity index (χ1v) is 6.42. The van der Waals surface area contributed by atoms with Crippen LogP contribution in [0.2, 0.25) is 0 Å². The highest BCUT2D eigenvalue weighted by molar-refractivity contribution is 5.89. The van der Waals surface area contributed by atoms with Gasteiger partial charge in [0, 0.05) is 37.7 Å². The molecule has 19 heavy (non-hydrogen) atoms. The van der Waals surface area contributed by atoms with Crippen LogP contribution in [-0.4, -0.2) is 41.1 Å². The van der Waals surface area contributed by atoms with Gasteiger partial charge in [0.05, 0.1) is 0 Å². The Morgan fingerprint density at radius 2 is 2.16 bits per heavy atom. The second-order valence-corrected chi connectivity index (χ2v) is 5.64. The normalized spacial score (nSPS) is 16.2. The van der Waals surface area contributed by atoms with Crippen molar-refractivity contribution in [1.29, 1.82) is 0 Å². The topological polar surface area (TPSA) is 71.3 Å². The second-order valence-electron chi connectivity index (χ2n) is 5.64. The van der Waals surface area contributed by atoms with E-state index >= 15 is 0 Å². The Kier molecular flexibility index (Phi) is 3.59. The average molecular weight is 264 g/mol. The number of aromatic nitrogens is 2. The Morgan fingerprint density at radius 1 is 1.42 bits per heavy atom. The molecule has 1 N–H and O–H groups in total. The Balaban J connectivity index is 2.09. The molecule has 1 aliphatic heterocycles. The first-order valence-electron chi connectivity index (χ1n) is 6.42. The molecule has 0 fully saturated rings. The molecule has 0 spiro atoms. The fraction of sp³-hybridized carbons (Fsp3) is 0.615. The number of nitrogens with zero attached hydrogens (tertiary/aromatic N) is 3. The highest BCUT2D eigenvalue weighted by Crippen LogP contribution is 2.21. The number of amides is 1. The van der Waals surface area contributed by atoms with Gasteiger partial charge >= 0.3 is 11.8 Å². The van der Waals surface area contributed by atoms with E-state index in [4.69, 9.17) is 4.42 Å². The first-order chi connectivity index (χ1) is 8.91. The van der Waals surface area contributed by atoms with E-state index in [1.807, 2.05) is 33.9 Å². The molecule has 104 valence electrons. The van der Waals surface area contributed by atoms with Crippen molar-refractivity contribution in [3.8, 4) is 0 Å². The van der Waals surface area contributed by atoms with Crippen LogP contribution in [0.4, 0.5) is 0 Å². The number of hydrogen-bond acceptors (Lipinski definition) is 5. The monoisotopic (exact) mass is 264 g/mol. The smallest absolute Gasteiger partial charge is 0.311 e. The van der Waals surface area contributed by atoms with Crippen LogP contribution in [0.25, 0.3) is 0 Å². The summed E-state index contributed by atoms with van der Waals surface area (Å²) in [6.07, 6.45) is 2.82. The number of carbonyl (C=O) groups excluding carboxylic acids is 1. The first kappa shape index (κ1) is 13.6. The van der Waals surface area contributed by atoms with Gasteiger partial charge in [0.2, 0.25) is 5.89 Å². The van der Waals surface area contributed by atoms with Gasteiger partial charge in [-0.1, -0.05) is 20.8 Å². The summed E-state index contributed by atoms with van der Waals surface area (Å²) in [6, 6.07) is 0. The number of rotatable bonds is 2. The van der Waals surface area contributed by atoms with E-state index in [9.17, 15) is 4.79 Å². The van der Waals surface area contributed by atoms with Crippen LogP contribution in [0, 0.1) is 0 Å². The van der Waals surface area contributed by atoms with E-state index in [1.165, 1.54) is 0 Å². The van der Waals surface area contributed by atoms with Gasteiger partial charge in [-0.15, -0.1) is 10.2 Å². The summed E-state index contributed by atoms with van der Waals surface area (Å²) in [4.78, 5) is 13.9. The summed E-state index contributed by atoms with van der Waals surface area (Å²) < 4.78 is 5.47. The molecule has 0 unspecified atom stereocenters. The Bertz CT molecular complexity index is 499. The fourth-order valence-corrected chi connectivity index (χ4v) is 1.83. The zero-order chi connectivity index (χ0) is 14.0. The molecule has 1 aromatic heterocycles.